The minimum atomic E-state index is 0.0558. The summed E-state index contributed by atoms with van der Waals surface area (Å²) < 4.78 is 0. The highest BCUT2D eigenvalue weighted by atomic mass is 16.1. The second kappa shape index (κ2) is 5.76. The Hall–Kier alpha value is -2.67. The molecule has 1 heteroatoms. The molecule has 118 valence electrons. The Morgan fingerprint density at radius 1 is 0.792 bits per heavy atom. The molecule has 0 saturated heterocycles. The first-order valence-electron chi connectivity index (χ1n) is 8.44. The lowest BCUT2D eigenvalue weighted by atomic mass is 9.84. The molecule has 0 bridgehead atoms. The van der Waals surface area contributed by atoms with Gasteiger partial charge in [0.1, 0.15) is 0 Å². The zero-order valence-electron chi connectivity index (χ0n) is 13.8. The van der Waals surface area contributed by atoms with Crippen LogP contribution in [0.2, 0.25) is 0 Å². The highest BCUT2D eigenvalue weighted by Gasteiger charge is 2.56. The smallest absolute Gasteiger partial charge is 0.159 e. The molecule has 0 amide bonds. The van der Waals surface area contributed by atoms with Crippen molar-refractivity contribution in [1.82, 2.24) is 0 Å². The molecule has 1 saturated carbocycles. The molecule has 0 spiro atoms. The van der Waals surface area contributed by atoms with Crippen molar-refractivity contribution in [3.8, 4) is 0 Å². The monoisotopic (exact) mass is 312 g/mol. The van der Waals surface area contributed by atoms with Gasteiger partial charge < -0.3 is 0 Å². The molecule has 0 radical (unpaired) electrons. The van der Waals surface area contributed by atoms with Gasteiger partial charge in [0.25, 0.3) is 0 Å². The maximum Gasteiger partial charge on any atom is 0.159 e. The van der Waals surface area contributed by atoms with Crippen molar-refractivity contribution in [3.05, 3.63) is 107 Å². The summed E-state index contributed by atoms with van der Waals surface area (Å²) in [6, 6.07) is 29.7. The Balaban J connectivity index is 1.76. The Bertz CT molecular complexity index is 808. The normalized spacial score (nSPS) is 18.1. The lowest BCUT2D eigenvalue weighted by Crippen LogP contribution is -2.11. The third kappa shape index (κ3) is 2.37. The molecular formula is C23H20O. The summed E-state index contributed by atoms with van der Waals surface area (Å²) in [5.41, 5.74) is 4.89. The van der Waals surface area contributed by atoms with Gasteiger partial charge in [0.2, 0.25) is 0 Å². The van der Waals surface area contributed by atoms with Crippen molar-refractivity contribution in [3.63, 3.8) is 0 Å². The van der Waals surface area contributed by atoms with Crippen molar-refractivity contribution in [2.45, 2.75) is 24.7 Å². The second-order valence-electron chi connectivity index (χ2n) is 6.64. The Morgan fingerprint density at radius 3 is 1.75 bits per heavy atom. The first kappa shape index (κ1) is 14.9. The molecule has 0 heterocycles. The van der Waals surface area contributed by atoms with Gasteiger partial charge in [0.05, 0.1) is 0 Å². The molecule has 1 unspecified atom stereocenters. The number of Topliss-reactive ketones (excluding diaryl/α,β-unsaturated/α-hetero) is 1. The van der Waals surface area contributed by atoms with Gasteiger partial charge in [-0.15, -0.1) is 0 Å². The number of benzene rings is 3. The molecule has 1 fully saturated rings. The largest absolute Gasteiger partial charge is 0.295 e. The molecule has 4 rings (SSSR count). The van der Waals surface area contributed by atoms with E-state index < -0.39 is 0 Å². The van der Waals surface area contributed by atoms with Gasteiger partial charge in [-0.3, -0.25) is 4.79 Å². The molecule has 0 N–H and O–H groups in total. The van der Waals surface area contributed by atoms with Crippen molar-refractivity contribution in [2.24, 2.45) is 0 Å². The van der Waals surface area contributed by atoms with Crippen molar-refractivity contribution < 1.29 is 4.79 Å². The van der Waals surface area contributed by atoms with Crippen LogP contribution in [-0.2, 0) is 5.41 Å². The van der Waals surface area contributed by atoms with Crippen LogP contribution in [0.3, 0.4) is 0 Å². The predicted molar refractivity (Wildman–Crippen MR) is 97.5 cm³/mol. The predicted octanol–water partition coefficient (Wildman–Crippen LogP) is 5.36. The van der Waals surface area contributed by atoms with E-state index >= 15 is 0 Å². The number of rotatable bonds is 4. The van der Waals surface area contributed by atoms with E-state index in [-0.39, 0.29) is 11.2 Å². The SMILES string of the molecule is CC(=O)c1ccc(C2CC2(c2ccccc2)c2ccccc2)cc1. The van der Waals surface area contributed by atoms with Crippen molar-refractivity contribution >= 4 is 5.78 Å². The average Bonchev–Trinajstić information content (AvgIpc) is 3.40. The van der Waals surface area contributed by atoms with Crippen molar-refractivity contribution in [1.29, 1.82) is 0 Å². The van der Waals surface area contributed by atoms with E-state index in [9.17, 15) is 4.79 Å². The van der Waals surface area contributed by atoms with Gasteiger partial charge in [-0.25, -0.2) is 0 Å². The summed E-state index contributed by atoms with van der Waals surface area (Å²) in [6.07, 6.45) is 1.11. The minimum absolute atomic E-state index is 0.0558. The maximum absolute atomic E-state index is 11.5. The number of ketones is 1. The highest BCUT2D eigenvalue weighted by Crippen LogP contribution is 2.64. The molecule has 1 nitrogen and oxygen atoms in total. The molecule has 1 aliphatic rings. The van der Waals surface area contributed by atoms with E-state index in [0.29, 0.717) is 5.92 Å². The van der Waals surface area contributed by atoms with E-state index in [0.717, 1.165) is 12.0 Å². The zero-order chi connectivity index (χ0) is 16.6. The lowest BCUT2D eigenvalue weighted by Gasteiger charge is -2.19. The summed E-state index contributed by atoms with van der Waals surface area (Å²) in [5, 5.41) is 0. The van der Waals surface area contributed by atoms with E-state index in [1.54, 1.807) is 6.92 Å². The van der Waals surface area contributed by atoms with Crippen LogP contribution in [0, 0.1) is 0 Å². The van der Waals surface area contributed by atoms with Gasteiger partial charge in [-0.05, 0) is 36.0 Å². The van der Waals surface area contributed by atoms with Crippen LogP contribution in [0.5, 0.6) is 0 Å². The molecular weight excluding hydrogens is 292 g/mol. The van der Waals surface area contributed by atoms with Crippen LogP contribution in [0.1, 0.15) is 46.3 Å². The summed E-state index contributed by atoms with van der Waals surface area (Å²) in [5.74, 6) is 0.582. The molecule has 3 aromatic carbocycles. The maximum atomic E-state index is 11.5. The minimum Gasteiger partial charge on any atom is -0.295 e. The average molecular weight is 312 g/mol. The number of carbonyl (C=O) groups excluding carboxylic acids is 1. The van der Waals surface area contributed by atoms with Crippen LogP contribution in [0.4, 0.5) is 0 Å². The van der Waals surface area contributed by atoms with Gasteiger partial charge in [0.15, 0.2) is 5.78 Å². The van der Waals surface area contributed by atoms with Crippen LogP contribution >= 0.6 is 0 Å². The van der Waals surface area contributed by atoms with Gasteiger partial charge in [-0.1, -0.05) is 84.9 Å². The molecule has 3 aromatic rings. The third-order valence-corrected chi connectivity index (χ3v) is 5.26. The topological polar surface area (TPSA) is 17.1 Å². The standard InChI is InChI=1S/C23H20O/c1-17(24)18-12-14-19(15-13-18)22-16-23(22,20-8-4-2-5-9-20)21-10-6-3-7-11-21/h2-15,22H,16H2,1H3. The fraction of sp³-hybridized carbons (Fsp3) is 0.174. The summed E-state index contributed by atoms with van der Waals surface area (Å²) in [4.78, 5) is 11.5. The Labute approximate surface area is 143 Å². The van der Waals surface area contributed by atoms with E-state index in [1.165, 1.54) is 16.7 Å². The highest BCUT2D eigenvalue weighted by molar-refractivity contribution is 5.94. The van der Waals surface area contributed by atoms with E-state index in [4.69, 9.17) is 0 Å². The second-order valence-corrected chi connectivity index (χ2v) is 6.64. The first-order valence-corrected chi connectivity index (χ1v) is 8.44. The van der Waals surface area contributed by atoms with Crippen LogP contribution < -0.4 is 0 Å². The fourth-order valence-electron chi connectivity index (χ4n) is 3.89. The number of hydrogen-bond donors (Lipinski definition) is 0. The molecule has 1 atom stereocenters. The zero-order valence-corrected chi connectivity index (χ0v) is 13.8. The quantitative estimate of drug-likeness (QED) is 0.592. The van der Waals surface area contributed by atoms with Crippen molar-refractivity contribution in [2.75, 3.05) is 0 Å². The summed E-state index contributed by atoms with van der Waals surface area (Å²) in [6.45, 7) is 1.62. The van der Waals surface area contributed by atoms with E-state index in [1.807, 2.05) is 12.1 Å². The molecule has 24 heavy (non-hydrogen) atoms. The van der Waals surface area contributed by atoms with Gasteiger partial charge in [0, 0.05) is 11.0 Å². The molecule has 0 aromatic heterocycles. The summed E-state index contributed by atoms with van der Waals surface area (Å²) >= 11 is 0. The van der Waals surface area contributed by atoms with Crippen LogP contribution in [0.25, 0.3) is 0 Å². The van der Waals surface area contributed by atoms with Crippen LogP contribution in [0.15, 0.2) is 84.9 Å². The van der Waals surface area contributed by atoms with Gasteiger partial charge in [-0.2, -0.15) is 0 Å². The summed E-state index contributed by atoms with van der Waals surface area (Å²) in [7, 11) is 0. The molecule has 1 aliphatic carbocycles. The lowest BCUT2D eigenvalue weighted by molar-refractivity contribution is 0.101. The van der Waals surface area contributed by atoms with Gasteiger partial charge >= 0.3 is 0 Å². The van der Waals surface area contributed by atoms with E-state index in [2.05, 4.69) is 72.8 Å². The fourth-order valence-corrected chi connectivity index (χ4v) is 3.89. The Morgan fingerprint density at radius 2 is 1.29 bits per heavy atom. The number of hydrogen-bond acceptors (Lipinski definition) is 1. The third-order valence-electron chi connectivity index (χ3n) is 5.26. The molecule has 0 aliphatic heterocycles. The Kier molecular flexibility index (Phi) is 3.57. The first-order chi connectivity index (χ1) is 11.7. The van der Waals surface area contributed by atoms with Crippen LogP contribution in [-0.4, -0.2) is 5.78 Å². The number of carbonyl (C=O) groups is 1.